The van der Waals surface area contributed by atoms with E-state index in [-0.39, 0.29) is 18.0 Å². The van der Waals surface area contributed by atoms with Gasteiger partial charge in [0.05, 0.1) is 23.6 Å². The molecule has 27 heavy (non-hydrogen) atoms. The predicted molar refractivity (Wildman–Crippen MR) is 93.8 cm³/mol. The molecule has 0 fully saturated rings. The van der Waals surface area contributed by atoms with Crippen molar-refractivity contribution in [1.82, 2.24) is 4.98 Å². The average molecular weight is 397 g/mol. The van der Waals surface area contributed by atoms with E-state index in [0.717, 1.165) is 23.9 Å². The first-order chi connectivity index (χ1) is 12.8. The smallest absolute Gasteiger partial charge is 0.416 e. The fourth-order valence-electron chi connectivity index (χ4n) is 2.48. The van der Waals surface area contributed by atoms with Crippen molar-refractivity contribution in [2.24, 2.45) is 0 Å². The minimum atomic E-state index is -4.50. The van der Waals surface area contributed by atoms with Crippen LogP contribution in [0.1, 0.15) is 12.0 Å². The molecular weight excluding hydrogens is 383 g/mol. The topological polar surface area (TPSA) is 80.3 Å². The number of benzene rings is 1. The molecule has 0 saturated heterocycles. The molecule has 2 N–H and O–H groups in total. The van der Waals surface area contributed by atoms with Gasteiger partial charge in [-0.15, -0.1) is 11.8 Å². The number of nitrogens with zero attached hydrogens (tertiary/aromatic N) is 1. The standard InChI is InChI=1S/C17H14F3N3O3S/c1-26-16-10(3-2-6-21-16)22-14(24)8-13-15(25)23-11-7-9(17(18,19)20)4-5-12(11)27-13/h2-7,13H,8H2,1H3,(H,22,24)(H,23,25)/t13-/m0/s1. The van der Waals surface area contributed by atoms with Gasteiger partial charge in [-0.05, 0) is 30.3 Å². The Labute approximate surface area is 156 Å². The largest absolute Gasteiger partial charge is 0.480 e. The van der Waals surface area contributed by atoms with Gasteiger partial charge in [-0.25, -0.2) is 4.98 Å². The number of rotatable bonds is 4. The summed E-state index contributed by atoms with van der Waals surface area (Å²) in [6.07, 6.45) is -3.15. The van der Waals surface area contributed by atoms with E-state index in [1.807, 2.05) is 0 Å². The summed E-state index contributed by atoms with van der Waals surface area (Å²) >= 11 is 1.05. The van der Waals surface area contributed by atoms with Crippen molar-refractivity contribution in [3.63, 3.8) is 0 Å². The summed E-state index contributed by atoms with van der Waals surface area (Å²) in [4.78, 5) is 28.9. The number of methoxy groups -OCH3 is 1. The number of carbonyl (C=O) groups is 2. The van der Waals surface area contributed by atoms with Gasteiger partial charge in [0.25, 0.3) is 0 Å². The molecule has 2 aromatic rings. The molecule has 10 heteroatoms. The van der Waals surface area contributed by atoms with Gasteiger partial charge in [0, 0.05) is 17.5 Å². The number of ether oxygens (including phenoxy) is 1. The number of thioether (sulfide) groups is 1. The summed E-state index contributed by atoms with van der Waals surface area (Å²) in [6.45, 7) is 0. The Morgan fingerprint density at radius 3 is 2.85 bits per heavy atom. The molecule has 2 heterocycles. The van der Waals surface area contributed by atoms with Gasteiger partial charge in [0.1, 0.15) is 5.69 Å². The monoisotopic (exact) mass is 397 g/mol. The first-order valence-electron chi connectivity index (χ1n) is 7.75. The zero-order valence-electron chi connectivity index (χ0n) is 14.0. The van der Waals surface area contributed by atoms with E-state index in [1.165, 1.54) is 19.4 Å². The highest BCUT2D eigenvalue weighted by atomic mass is 32.2. The van der Waals surface area contributed by atoms with Gasteiger partial charge < -0.3 is 15.4 Å². The molecule has 0 spiro atoms. The van der Waals surface area contributed by atoms with Crippen LogP contribution < -0.4 is 15.4 Å². The molecule has 1 atom stereocenters. The van der Waals surface area contributed by atoms with Gasteiger partial charge in [-0.3, -0.25) is 9.59 Å². The maximum atomic E-state index is 12.8. The van der Waals surface area contributed by atoms with Crippen LogP contribution in [-0.4, -0.2) is 29.2 Å². The molecule has 0 aliphatic carbocycles. The first kappa shape index (κ1) is 19.0. The van der Waals surface area contributed by atoms with E-state index >= 15 is 0 Å². The number of alkyl halides is 3. The highest BCUT2D eigenvalue weighted by molar-refractivity contribution is 8.01. The Balaban J connectivity index is 1.70. The van der Waals surface area contributed by atoms with Gasteiger partial charge in [-0.1, -0.05) is 0 Å². The van der Waals surface area contributed by atoms with Crippen molar-refractivity contribution in [3.05, 3.63) is 42.1 Å². The second-order valence-corrected chi connectivity index (χ2v) is 6.86. The second kappa shape index (κ2) is 7.47. The minimum absolute atomic E-state index is 0.0883. The molecule has 1 aromatic carbocycles. The van der Waals surface area contributed by atoms with Crippen molar-refractivity contribution in [2.45, 2.75) is 22.7 Å². The normalized spacial score (nSPS) is 16.3. The Hall–Kier alpha value is -2.75. The summed E-state index contributed by atoms with van der Waals surface area (Å²) in [5.41, 5.74) is -0.395. The number of nitrogens with one attached hydrogen (secondary N) is 2. The highest BCUT2D eigenvalue weighted by Gasteiger charge is 2.34. The minimum Gasteiger partial charge on any atom is -0.480 e. The van der Waals surface area contributed by atoms with E-state index in [9.17, 15) is 22.8 Å². The molecule has 0 radical (unpaired) electrons. The molecule has 2 amide bonds. The Morgan fingerprint density at radius 2 is 2.15 bits per heavy atom. The molecule has 0 unspecified atom stereocenters. The lowest BCUT2D eigenvalue weighted by molar-refractivity contribution is -0.137. The number of carbonyl (C=O) groups excluding carboxylic acids is 2. The van der Waals surface area contributed by atoms with Crippen molar-refractivity contribution < 1.29 is 27.5 Å². The van der Waals surface area contributed by atoms with E-state index in [0.29, 0.717) is 10.6 Å². The van der Waals surface area contributed by atoms with E-state index in [1.54, 1.807) is 12.1 Å². The summed E-state index contributed by atoms with van der Waals surface area (Å²) in [5.74, 6) is -0.735. The van der Waals surface area contributed by atoms with Crippen LogP contribution in [0.2, 0.25) is 0 Å². The van der Waals surface area contributed by atoms with E-state index < -0.39 is 28.8 Å². The molecule has 0 saturated carbocycles. The first-order valence-corrected chi connectivity index (χ1v) is 8.63. The molecule has 142 valence electrons. The Kier molecular flexibility index (Phi) is 5.26. The fourth-order valence-corrected chi connectivity index (χ4v) is 3.57. The summed E-state index contributed by atoms with van der Waals surface area (Å²) < 4.78 is 43.4. The molecule has 1 aliphatic rings. The Morgan fingerprint density at radius 1 is 1.37 bits per heavy atom. The number of hydrogen-bond acceptors (Lipinski definition) is 5. The molecule has 1 aromatic heterocycles. The molecule has 0 bridgehead atoms. The number of halogens is 3. The van der Waals surface area contributed by atoms with Crippen molar-refractivity contribution >= 4 is 35.0 Å². The van der Waals surface area contributed by atoms with Gasteiger partial charge in [0.15, 0.2) is 0 Å². The zero-order valence-corrected chi connectivity index (χ0v) is 14.8. The van der Waals surface area contributed by atoms with Crippen molar-refractivity contribution in [2.75, 3.05) is 17.7 Å². The lowest BCUT2D eigenvalue weighted by Gasteiger charge is -2.24. The summed E-state index contributed by atoms with van der Waals surface area (Å²) in [7, 11) is 1.41. The van der Waals surface area contributed by atoms with E-state index in [2.05, 4.69) is 15.6 Å². The lowest BCUT2D eigenvalue weighted by Crippen LogP contribution is -2.32. The zero-order chi connectivity index (χ0) is 19.6. The maximum Gasteiger partial charge on any atom is 0.416 e. The number of aromatic nitrogens is 1. The van der Waals surface area contributed by atoms with Crippen molar-refractivity contribution in [1.29, 1.82) is 0 Å². The number of fused-ring (bicyclic) bond motifs is 1. The number of anilines is 2. The lowest BCUT2D eigenvalue weighted by atomic mass is 10.1. The van der Waals surface area contributed by atoms with Crippen LogP contribution >= 0.6 is 11.8 Å². The fraction of sp³-hybridized carbons (Fsp3) is 0.235. The SMILES string of the molecule is COc1ncccc1NC(=O)C[C@@H]1Sc2ccc(C(F)(F)F)cc2NC1=O. The third-order valence-electron chi connectivity index (χ3n) is 3.74. The van der Waals surface area contributed by atoms with Crippen LogP contribution in [0, 0.1) is 0 Å². The third kappa shape index (κ3) is 4.33. The summed E-state index contributed by atoms with van der Waals surface area (Å²) in [6, 6.07) is 6.34. The predicted octanol–water partition coefficient (Wildman–Crippen LogP) is 3.55. The highest BCUT2D eigenvalue weighted by Crippen LogP contribution is 2.40. The maximum absolute atomic E-state index is 12.8. The van der Waals surface area contributed by atoms with Crippen LogP contribution in [0.4, 0.5) is 24.5 Å². The number of amides is 2. The average Bonchev–Trinajstić information content (AvgIpc) is 2.61. The summed E-state index contributed by atoms with van der Waals surface area (Å²) in [5, 5.41) is 4.28. The van der Waals surface area contributed by atoms with Gasteiger partial charge in [0.2, 0.25) is 17.7 Å². The number of pyridine rings is 1. The van der Waals surface area contributed by atoms with Crippen LogP contribution in [-0.2, 0) is 15.8 Å². The van der Waals surface area contributed by atoms with Gasteiger partial charge in [-0.2, -0.15) is 13.2 Å². The Bertz CT molecular complexity index is 889. The van der Waals surface area contributed by atoms with Crippen LogP contribution in [0.25, 0.3) is 0 Å². The molecule has 1 aliphatic heterocycles. The number of hydrogen-bond donors (Lipinski definition) is 2. The van der Waals surface area contributed by atoms with Crippen LogP contribution in [0.15, 0.2) is 41.4 Å². The molecular formula is C17H14F3N3O3S. The molecule has 3 rings (SSSR count). The van der Waals surface area contributed by atoms with E-state index in [4.69, 9.17) is 4.74 Å². The van der Waals surface area contributed by atoms with Crippen molar-refractivity contribution in [3.8, 4) is 5.88 Å². The quantitative estimate of drug-likeness (QED) is 0.825. The second-order valence-electron chi connectivity index (χ2n) is 5.62. The van der Waals surface area contributed by atoms with Crippen LogP contribution in [0.3, 0.4) is 0 Å². The molecule has 6 nitrogen and oxygen atoms in total. The third-order valence-corrected chi connectivity index (χ3v) is 5.01. The van der Waals surface area contributed by atoms with Gasteiger partial charge >= 0.3 is 6.18 Å². The van der Waals surface area contributed by atoms with Crippen LogP contribution in [0.5, 0.6) is 5.88 Å².